The SMILES string of the molecule is COc1ccc(-c2ncn(CC(O)CN(C)C)c2-c2ccccn2)cc1. The van der Waals surface area contributed by atoms with Gasteiger partial charge in [-0.05, 0) is 50.5 Å². The lowest BCUT2D eigenvalue weighted by molar-refractivity contribution is 0.120. The molecule has 3 rings (SSSR count). The van der Waals surface area contributed by atoms with E-state index in [4.69, 9.17) is 4.74 Å². The van der Waals surface area contributed by atoms with Crippen molar-refractivity contribution < 1.29 is 9.84 Å². The molecule has 0 aliphatic heterocycles. The summed E-state index contributed by atoms with van der Waals surface area (Å²) in [7, 11) is 5.54. The maximum absolute atomic E-state index is 10.4. The van der Waals surface area contributed by atoms with E-state index in [1.54, 1.807) is 19.6 Å². The van der Waals surface area contributed by atoms with Gasteiger partial charge in [-0.25, -0.2) is 4.98 Å². The number of methoxy groups -OCH3 is 1. The highest BCUT2D eigenvalue weighted by atomic mass is 16.5. The molecule has 1 atom stereocenters. The van der Waals surface area contributed by atoms with Gasteiger partial charge in [-0.2, -0.15) is 0 Å². The van der Waals surface area contributed by atoms with E-state index in [-0.39, 0.29) is 0 Å². The molecule has 0 radical (unpaired) electrons. The summed E-state index contributed by atoms with van der Waals surface area (Å²) in [5.41, 5.74) is 3.54. The Bertz CT molecular complexity index is 829. The number of aliphatic hydroxyl groups is 1. The van der Waals surface area contributed by atoms with E-state index < -0.39 is 6.10 Å². The number of hydrogen-bond acceptors (Lipinski definition) is 5. The number of hydrogen-bond donors (Lipinski definition) is 1. The Labute approximate surface area is 153 Å². The lowest BCUT2D eigenvalue weighted by Crippen LogP contribution is -2.29. The number of imidazole rings is 1. The molecular weight excluding hydrogens is 328 g/mol. The second-order valence-electron chi connectivity index (χ2n) is 6.45. The lowest BCUT2D eigenvalue weighted by Gasteiger charge is -2.18. The van der Waals surface area contributed by atoms with Crippen LogP contribution >= 0.6 is 0 Å². The van der Waals surface area contributed by atoms with Gasteiger partial charge in [0.2, 0.25) is 0 Å². The van der Waals surface area contributed by atoms with Crippen molar-refractivity contribution >= 4 is 0 Å². The molecule has 136 valence electrons. The second kappa shape index (κ2) is 8.12. The molecule has 0 bridgehead atoms. The minimum absolute atomic E-state index is 0.452. The van der Waals surface area contributed by atoms with E-state index in [0.29, 0.717) is 13.1 Å². The van der Waals surface area contributed by atoms with Gasteiger partial charge >= 0.3 is 0 Å². The Morgan fingerprint density at radius 3 is 2.50 bits per heavy atom. The first-order valence-corrected chi connectivity index (χ1v) is 8.52. The van der Waals surface area contributed by atoms with Crippen LogP contribution in [-0.2, 0) is 6.54 Å². The van der Waals surface area contributed by atoms with Crippen LogP contribution < -0.4 is 4.74 Å². The molecule has 1 aromatic carbocycles. The van der Waals surface area contributed by atoms with Gasteiger partial charge in [-0.15, -0.1) is 0 Å². The highest BCUT2D eigenvalue weighted by molar-refractivity contribution is 5.77. The molecule has 0 fully saturated rings. The Morgan fingerprint density at radius 2 is 1.88 bits per heavy atom. The summed E-state index contributed by atoms with van der Waals surface area (Å²) in [4.78, 5) is 11.1. The molecule has 0 aliphatic rings. The first-order valence-electron chi connectivity index (χ1n) is 8.52. The van der Waals surface area contributed by atoms with Crippen LogP contribution in [0, 0.1) is 0 Å². The molecule has 0 spiro atoms. The van der Waals surface area contributed by atoms with Crippen LogP contribution in [0.15, 0.2) is 55.0 Å². The van der Waals surface area contributed by atoms with Crippen molar-refractivity contribution in [3.8, 4) is 28.4 Å². The first kappa shape index (κ1) is 18.1. The smallest absolute Gasteiger partial charge is 0.118 e. The molecule has 1 N–H and O–H groups in total. The van der Waals surface area contributed by atoms with E-state index in [1.165, 1.54) is 0 Å². The Balaban J connectivity index is 2.01. The third-order valence-corrected chi connectivity index (χ3v) is 4.09. The summed E-state index contributed by atoms with van der Waals surface area (Å²) >= 11 is 0. The molecule has 1 unspecified atom stereocenters. The minimum atomic E-state index is -0.495. The fraction of sp³-hybridized carbons (Fsp3) is 0.300. The zero-order valence-electron chi connectivity index (χ0n) is 15.3. The van der Waals surface area contributed by atoms with Crippen LogP contribution in [0.4, 0.5) is 0 Å². The highest BCUT2D eigenvalue weighted by Gasteiger charge is 2.18. The van der Waals surface area contributed by atoms with E-state index in [0.717, 1.165) is 28.4 Å². The normalized spacial score (nSPS) is 12.3. The fourth-order valence-corrected chi connectivity index (χ4v) is 2.96. The van der Waals surface area contributed by atoms with Crippen molar-refractivity contribution in [1.82, 2.24) is 19.4 Å². The first-order chi connectivity index (χ1) is 12.6. The van der Waals surface area contributed by atoms with Crippen LogP contribution in [0.3, 0.4) is 0 Å². The number of pyridine rings is 1. The largest absolute Gasteiger partial charge is 0.497 e. The van der Waals surface area contributed by atoms with Gasteiger partial charge in [0.1, 0.15) is 5.75 Å². The quantitative estimate of drug-likeness (QED) is 0.708. The Kier molecular flexibility index (Phi) is 5.65. The fourth-order valence-electron chi connectivity index (χ4n) is 2.96. The predicted molar refractivity (Wildman–Crippen MR) is 102 cm³/mol. The van der Waals surface area contributed by atoms with Gasteiger partial charge in [0.05, 0.1) is 43.2 Å². The minimum Gasteiger partial charge on any atom is -0.497 e. The summed E-state index contributed by atoms with van der Waals surface area (Å²) in [6.45, 7) is 1.03. The molecule has 0 saturated heterocycles. The average molecular weight is 352 g/mol. The third kappa shape index (κ3) is 4.09. The van der Waals surface area contributed by atoms with Gasteiger partial charge in [0.15, 0.2) is 0 Å². The lowest BCUT2D eigenvalue weighted by atomic mass is 10.1. The van der Waals surface area contributed by atoms with Gasteiger partial charge in [0, 0.05) is 18.3 Å². The van der Waals surface area contributed by atoms with Crippen molar-refractivity contribution in [1.29, 1.82) is 0 Å². The predicted octanol–water partition coefficient (Wildman–Crippen LogP) is 2.54. The summed E-state index contributed by atoms with van der Waals surface area (Å²) in [5.74, 6) is 0.800. The number of benzene rings is 1. The molecule has 6 nitrogen and oxygen atoms in total. The monoisotopic (exact) mass is 352 g/mol. The topological polar surface area (TPSA) is 63.4 Å². The zero-order chi connectivity index (χ0) is 18.5. The molecule has 2 aromatic heterocycles. The molecule has 26 heavy (non-hydrogen) atoms. The molecular formula is C20H24N4O2. The highest BCUT2D eigenvalue weighted by Crippen LogP contribution is 2.31. The van der Waals surface area contributed by atoms with E-state index >= 15 is 0 Å². The maximum Gasteiger partial charge on any atom is 0.118 e. The molecule has 0 saturated carbocycles. The van der Waals surface area contributed by atoms with E-state index in [9.17, 15) is 5.11 Å². The molecule has 3 aromatic rings. The van der Waals surface area contributed by atoms with E-state index in [2.05, 4.69) is 9.97 Å². The summed E-state index contributed by atoms with van der Waals surface area (Å²) in [6.07, 6.45) is 3.04. The van der Waals surface area contributed by atoms with Gasteiger partial charge in [0.25, 0.3) is 0 Å². The third-order valence-electron chi connectivity index (χ3n) is 4.09. The van der Waals surface area contributed by atoms with Crippen LogP contribution in [0.25, 0.3) is 22.6 Å². The summed E-state index contributed by atoms with van der Waals surface area (Å²) in [5, 5.41) is 10.4. The Hall–Kier alpha value is -2.70. The van der Waals surface area contributed by atoms with Crippen LogP contribution in [-0.4, -0.2) is 58.4 Å². The number of likely N-dealkylation sites (N-methyl/N-ethyl adjacent to an activating group) is 1. The molecule has 2 heterocycles. The van der Waals surface area contributed by atoms with Crippen molar-refractivity contribution in [3.63, 3.8) is 0 Å². The van der Waals surface area contributed by atoms with Gasteiger partial charge in [-0.3, -0.25) is 4.98 Å². The number of ether oxygens (including phenoxy) is 1. The van der Waals surface area contributed by atoms with Gasteiger partial charge in [-0.1, -0.05) is 6.07 Å². The Morgan fingerprint density at radius 1 is 1.12 bits per heavy atom. The zero-order valence-corrected chi connectivity index (χ0v) is 15.3. The standard InChI is InChI=1S/C20H24N4O2/c1-23(2)12-16(25)13-24-14-22-19(15-7-9-17(26-3)10-8-15)20(24)18-6-4-5-11-21-18/h4-11,14,16,25H,12-13H2,1-3H3. The average Bonchev–Trinajstić information content (AvgIpc) is 3.05. The van der Waals surface area contributed by atoms with Crippen molar-refractivity contribution in [2.24, 2.45) is 0 Å². The molecule has 0 amide bonds. The second-order valence-corrected chi connectivity index (χ2v) is 6.45. The maximum atomic E-state index is 10.4. The number of aliphatic hydroxyl groups excluding tert-OH is 1. The molecule has 6 heteroatoms. The number of aromatic nitrogens is 3. The van der Waals surface area contributed by atoms with Crippen molar-refractivity contribution in [2.45, 2.75) is 12.6 Å². The molecule has 0 aliphatic carbocycles. The van der Waals surface area contributed by atoms with Crippen molar-refractivity contribution in [2.75, 3.05) is 27.7 Å². The summed E-state index contributed by atoms with van der Waals surface area (Å²) < 4.78 is 7.21. The number of nitrogens with zero attached hydrogens (tertiary/aromatic N) is 4. The van der Waals surface area contributed by atoms with Crippen LogP contribution in [0.5, 0.6) is 5.75 Å². The van der Waals surface area contributed by atoms with E-state index in [1.807, 2.05) is 66.0 Å². The van der Waals surface area contributed by atoms with Crippen LogP contribution in [0.1, 0.15) is 0 Å². The van der Waals surface area contributed by atoms with Crippen LogP contribution in [0.2, 0.25) is 0 Å². The number of rotatable bonds is 7. The van der Waals surface area contributed by atoms with Crippen molar-refractivity contribution in [3.05, 3.63) is 55.0 Å². The van der Waals surface area contributed by atoms with Gasteiger partial charge < -0.3 is 19.3 Å². The summed E-state index contributed by atoms with van der Waals surface area (Å²) in [6, 6.07) is 13.6.